The fraction of sp³-hybridized carbons (Fsp3) is 0.778. The third-order valence-electron chi connectivity index (χ3n) is 2.94. The van der Waals surface area contributed by atoms with Crippen LogP contribution in [0, 0.1) is 11.3 Å². The molecular formula is C9H14O4. The summed E-state index contributed by atoms with van der Waals surface area (Å²) in [6.45, 7) is 1.76. The van der Waals surface area contributed by atoms with Crippen molar-refractivity contribution in [1.29, 1.82) is 0 Å². The summed E-state index contributed by atoms with van der Waals surface area (Å²) in [6, 6.07) is 0. The number of hydrogen-bond acceptors (Lipinski definition) is 2. The Hall–Kier alpha value is -1.06. The van der Waals surface area contributed by atoms with E-state index in [1.807, 2.05) is 0 Å². The highest BCUT2D eigenvalue weighted by Gasteiger charge is 2.44. The first-order chi connectivity index (χ1) is 5.96. The first-order valence-corrected chi connectivity index (χ1v) is 4.40. The van der Waals surface area contributed by atoms with Crippen LogP contribution in [0.5, 0.6) is 0 Å². The highest BCUT2D eigenvalue weighted by atomic mass is 16.4. The van der Waals surface area contributed by atoms with Gasteiger partial charge in [-0.3, -0.25) is 9.59 Å². The van der Waals surface area contributed by atoms with Crippen molar-refractivity contribution in [3.63, 3.8) is 0 Å². The average molecular weight is 186 g/mol. The first kappa shape index (κ1) is 10.0. The summed E-state index contributed by atoms with van der Waals surface area (Å²) in [4.78, 5) is 21.3. The van der Waals surface area contributed by atoms with Gasteiger partial charge in [0.05, 0.1) is 12.3 Å². The molecule has 0 spiro atoms. The average Bonchev–Trinajstić information content (AvgIpc) is 2.28. The van der Waals surface area contributed by atoms with Crippen molar-refractivity contribution in [3.8, 4) is 0 Å². The summed E-state index contributed by atoms with van der Waals surface area (Å²) >= 11 is 0. The van der Waals surface area contributed by atoms with E-state index in [1.165, 1.54) is 0 Å². The van der Waals surface area contributed by atoms with Crippen molar-refractivity contribution in [2.75, 3.05) is 0 Å². The molecule has 0 unspecified atom stereocenters. The molecule has 4 nitrogen and oxygen atoms in total. The van der Waals surface area contributed by atoms with Crippen LogP contribution in [0.2, 0.25) is 0 Å². The van der Waals surface area contributed by atoms with Gasteiger partial charge in [-0.15, -0.1) is 0 Å². The second-order valence-electron chi connectivity index (χ2n) is 4.01. The summed E-state index contributed by atoms with van der Waals surface area (Å²) in [5, 5.41) is 17.5. The van der Waals surface area contributed by atoms with E-state index in [0.717, 1.165) is 6.42 Å². The lowest BCUT2D eigenvalue weighted by molar-refractivity contribution is -0.147. The maximum Gasteiger partial charge on any atom is 0.307 e. The Kier molecular flexibility index (Phi) is 2.59. The van der Waals surface area contributed by atoms with Gasteiger partial charge in [-0.2, -0.15) is 0 Å². The normalized spacial score (nSPS) is 33.2. The zero-order chi connectivity index (χ0) is 10.1. The van der Waals surface area contributed by atoms with Crippen LogP contribution in [0.3, 0.4) is 0 Å². The largest absolute Gasteiger partial charge is 0.481 e. The quantitative estimate of drug-likeness (QED) is 0.697. The van der Waals surface area contributed by atoms with Gasteiger partial charge in [0.25, 0.3) is 0 Å². The SMILES string of the molecule is C[C@]1(CC(=O)O)CCC[C@H]1C(=O)O. The molecule has 0 aromatic carbocycles. The van der Waals surface area contributed by atoms with Gasteiger partial charge in [-0.25, -0.2) is 0 Å². The Bertz CT molecular complexity index is 236. The van der Waals surface area contributed by atoms with Gasteiger partial charge >= 0.3 is 11.9 Å². The molecule has 0 saturated heterocycles. The molecule has 0 aromatic rings. The summed E-state index contributed by atoms with van der Waals surface area (Å²) in [5.74, 6) is -2.25. The summed E-state index contributed by atoms with van der Waals surface area (Å²) in [6.07, 6.45) is 2.10. The molecule has 4 heteroatoms. The summed E-state index contributed by atoms with van der Waals surface area (Å²) in [7, 11) is 0. The second kappa shape index (κ2) is 3.36. The van der Waals surface area contributed by atoms with Crippen molar-refractivity contribution in [3.05, 3.63) is 0 Å². The van der Waals surface area contributed by atoms with Crippen molar-refractivity contribution in [1.82, 2.24) is 0 Å². The molecule has 0 bridgehead atoms. The van der Waals surface area contributed by atoms with E-state index < -0.39 is 23.3 Å². The minimum Gasteiger partial charge on any atom is -0.481 e. The molecule has 13 heavy (non-hydrogen) atoms. The van der Waals surface area contributed by atoms with Crippen LogP contribution in [0.15, 0.2) is 0 Å². The predicted octanol–water partition coefficient (Wildman–Crippen LogP) is 1.35. The van der Waals surface area contributed by atoms with Crippen molar-refractivity contribution < 1.29 is 19.8 Å². The monoisotopic (exact) mass is 186 g/mol. The fourth-order valence-corrected chi connectivity index (χ4v) is 2.21. The molecule has 1 rings (SSSR count). The van der Waals surface area contributed by atoms with E-state index in [9.17, 15) is 9.59 Å². The molecule has 1 saturated carbocycles. The summed E-state index contributed by atoms with van der Waals surface area (Å²) < 4.78 is 0. The van der Waals surface area contributed by atoms with Gasteiger partial charge in [0.1, 0.15) is 0 Å². The highest BCUT2D eigenvalue weighted by molar-refractivity contribution is 5.74. The molecule has 0 amide bonds. The van der Waals surface area contributed by atoms with Crippen LogP contribution in [0.1, 0.15) is 32.6 Å². The molecule has 0 heterocycles. The van der Waals surface area contributed by atoms with Crippen molar-refractivity contribution in [2.45, 2.75) is 32.6 Å². The highest BCUT2D eigenvalue weighted by Crippen LogP contribution is 2.45. The Morgan fingerprint density at radius 1 is 1.46 bits per heavy atom. The number of rotatable bonds is 3. The van der Waals surface area contributed by atoms with Gasteiger partial charge in [0.2, 0.25) is 0 Å². The van der Waals surface area contributed by atoms with E-state index in [1.54, 1.807) is 6.92 Å². The van der Waals surface area contributed by atoms with Crippen LogP contribution >= 0.6 is 0 Å². The minimum absolute atomic E-state index is 0.0377. The van der Waals surface area contributed by atoms with Crippen LogP contribution in [-0.2, 0) is 9.59 Å². The zero-order valence-corrected chi connectivity index (χ0v) is 7.62. The molecule has 2 N–H and O–H groups in total. The molecule has 0 aliphatic heterocycles. The number of carboxylic acids is 2. The Morgan fingerprint density at radius 2 is 2.08 bits per heavy atom. The van der Waals surface area contributed by atoms with Gasteiger partial charge < -0.3 is 10.2 Å². The molecule has 74 valence electrons. The van der Waals surface area contributed by atoms with E-state index in [0.29, 0.717) is 12.8 Å². The standard InChI is InChI=1S/C9H14O4/c1-9(5-7(10)11)4-2-3-6(9)8(12)13/h6H,2-5H2,1H3,(H,10,11)(H,12,13)/t6-,9+/m0/s1. The van der Waals surface area contributed by atoms with Gasteiger partial charge in [-0.1, -0.05) is 13.3 Å². The van der Waals surface area contributed by atoms with E-state index in [4.69, 9.17) is 10.2 Å². The molecule has 0 radical (unpaired) electrons. The van der Waals surface area contributed by atoms with E-state index in [-0.39, 0.29) is 6.42 Å². The van der Waals surface area contributed by atoms with Crippen molar-refractivity contribution >= 4 is 11.9 Å². The smallest absolute Gasteiger partial charge is 0.307 e. The third kappa shape index (κ3) is 1.99. The summed E-state index contributed by atoms with van der Waals surface area (Å²) in [5.41, 5.74) is -0.544. The van der Waals surface area contributed by atoms with Gasteiger partial charge in [0, 0.05) is 0 Å². The third-order valence-corrected chi connectivity index (χ3v) is 2.94. The van der Waals surface area contributed by atoms with Crippen LogP contribution in [-0.4, -0.2) is 22.2 Å². The molecule has 2 atom stereocenters. The second-order valence-corrected chi connectivity index (χ2v) is 4.01. The lowest BCUT2D eigenvalue weighted by Gasteiger charge is -2.26. The first-order valence-electron chi connectivity index (χ1n) is 4.40. The minimum atomic E-state index is -0.907. The molecule has 0 aromatic heterocycles. The number of carbonyl (C=O) groups is 2. The number of carboxylic acid groups (broad SMARTS) is 2. The predicted molar refractivity (Wildman–Crippen MR) is 45.3 cm³/mol. The van der Waals surface area contributed by atoms with E-state index in [2.05, 4.69) is 0 Å². The van der Waals surface area contributed by atoms with E-state index >= 15 is 0 Å². The topological polar surface area (TPSA) is 74.6 Å². The molecule has 1 aliphatic rings. The lowest BCUT2D eigenvalue weighted by Crippen LogP contribution is -2.30. The Balaban J connectivity index is 2.75. The van der Waals surface area contributed by atoms with Gasteiger partial charge in [-0.05, 0) is 18.3 Å². The number of aliphatic carboxylic acids is 2. The van der Waals surface area contributed by atoms with Gasteiger partial charge in [0.15, 0.2) is 0 Å². The zero-order valence-electron chi connectivity index (χ0n) is 7.62. The van der Waals surface area contributed by atoms with Crippen LogP contribution in [0.25, 0.3) is 0 Å². The molecular weight excluding hydrogens is 172 g/mol. The van der Waals surface area contributed by atoms with Crippen LogP contribution < -0.4 is 0 Å². The molecule has 1 fully saturated rings. The Labute approximate surface area is 76.6 Å². The molecule has 1 aliphatic carbocycles. The number of hydrogen-bond donors (Lipinski definition) is 2. The maximum absolute atomic E-state index is 10.8. The van der Waals surface area contributed by atoms with Crippen molar-refractivity contribution in [2.24, 2.45) is 11.3 Å². The maximum atomic E-state index is 10.8. The lowest BCUT2D eigenvalue weighted by atomic mass is 9.77. The Morgan fingerprint density at radius 3 is 2.54 bits per heavy atom. The fourth-order valence-electron chi connectivity index (χ4n) is 2.21. The van der Waals surface area contributed by atoms with Crippen LogP contribution in [0.4, 0.5) is 0 Å².